The Morgan fingerprint density at radius 1 is 1.75 bits per heavy atom. The monoisotopic (exact) mass is 117 g/mol. The van der Waals surface area contributed by atoms with Crippen molar-refractivity contribution in [1.29, 1.82) is 0 Å². The number of hydrogen-bond donors (Lipinski definition) is 0. The molecule has 8 heavy (non-hydrogen) atoms. The molecule has 0 aliphatic carbocycles. The summed E-state index contributed by atoms with van der Waals surface area (Å²) in [5.41, 5.74) is 0. The number of hydrogen-bond acceptors (Lipinski definition) is 4. The Morgan fingerprint density at radius 2 is 2.38 bits per heavy atom. The minimum Gasteiger partial charge on any atom is -0.784 e. The maximum atomic E-state index is 10.3. The van der Waals surface area contributed by atoms with Crippen molar-refractivity contribution in [2.24, 2.45) is 5.18 Å². The molecule has 0 saturated heterocycles. The number of nitrogens with zero attached hydrogens (tertiary/aromatic N) is 2. The molecule has 0 aromatic heterocycles. The van der Waals surface area contributed by atoms with Crippen molar-refractivity contribution in [1.82, 2.24) is 5.06 Å². The minimum absolute atomic E-state index is 0.242. The fourth-order valence-electron chi connectivity index (χ4n) is 0.385. The molecule has 0 unspecified atom stereocenters. The Balaban J connectivity index is 3.03. The molecule has 0 bridgehead atoms. The summed E-state index contributed by atoms with van der Waals surface area (Å²) in [5.74, 6) is 0. The maximum Gasteiger partial charge on any atom is 0.122 e. The predicted molar refractivity (Wildman–Crippen MR) is 31.0 cm³/mol. The molecule has 0 rings (SSSR count). The zero-order valence-electron chi connectivity index (χ0n) is 4.83. The van der Waals surface area contributed by atoms with Crippen LogP contribution < -0.4 is 0 Å². The van der Waals surface area contributed by atoms with E-state index in [1.165, 1.54) is 0 Å². The van der Waals surface area contributed by atoms with Crippen molar-refractivity contribution in [3.63, 3.8) is 0 Å². The normalized spacial score (nSPS) is 9.88. The first-order chi connectivity index (χ1) is 3.81. The molecule has 0 atom stereocenters. The van der Waals surface area contributed by atoms with Crippen LogP contribution in [-0.2, 0) is 0 Å². The van der Waals surface area contributed by atoms with Gasteiger partial charge in [0.05, 0.1) is 0 Å². The molecule has 4 heteroatoms. The van der Waals surface area contributed by atoms with Crippen LogP contribution in [-0.4, -0.2) is 18.3 Å². The second kappa shape index (κ2) is 4.67. The first-order valence-corrected chi connectivity index (χ1v) is 2.52. The van der Waals surface area contributed by atoms with Gasteiger partial charge in [-0.15, -0.1) is 4.91 Å². The van der Waals surface area contributed by atoms with Crippen LogP contribution in [0.15, 0.2) is 5.18 Å². The molecule has 0 heterocycles. The van der Waals surface area contributed by atoms with E-state index in [1.807, 2.05) is 6.92 Å². The molecular weight excluding hydrogens is 108 g/mol. The highest BCUT2D eigenvalue weighted by atomic mass is 16.5. The topological polar surface area (TPSA) is 55.7 Å². The van der Waals surface area contributed by atoms with E-state index in [-0.39, 0.29) is 6.67 Å². The highest BCUT2D eigenvalue weighted by molar-refractivity contribution is 4.51. The van der Waals surface area contributed by atoms with E-state index in [0.29, 0.717) is 11.6 Å². The molecule has 4 nitrogen and oxygen atoms in total. The van der Waals surface area contributed by atoms with Gasteiger partial charge in [-0.2, -0.15) is 0 Å². The highest BCUT2D eigenvalue weighted by Gasteiger charge is 1.84. The summed E-state index contributed by atoms with van der Waals surface area (Å²) in [4.78, 5) is 9.40. The van der Waals surface area contributed by atoms with E-state index in [0.717, 1.165) is 6.42 Å². The average Bonchev–Trinajstić information content (AvgIpc) is 1.68. The van der Waals surface area contributed by atoms with Crippen molar-refractivity contribution >= 4 is 0 Å². The van der Waals surface area contributed by atoms with Crippen molar-refractivity contribution in [3.8, 4) is 0 Å². The Labute approximate surface area is 48.0 Å². The van der Waals surface area contributed by atoms with Gasteiger partial charge in [0.15, 0.2) is 0 Å². The van der Waals surface area contributed by atoms with Crippen molar-refractivity contribution in [2.75, 3.05) is 13.2 Å². The third kappa shape index (κ3) is 3.70. The summed E-state index contributed by atoms with van der Waals surface area (Å²) in [6.07, 6.45) is 0.763. The first kappa shape index (κ1) is 7.52. The Kier molecular flexibility index (Phi) is 4.39. The van der Waals surface area contributed by atoms with Crippen LogP contribution in [0.5, 0.6) is 0 Å². The van der Waals surface area contributed by atoms with Gasteiger partial charge >= 0.3 is 0 Å². The Hall–Kier alpha value is -0.480. The van der Waals surface area contributed by atoms with Gasteiger partial charge in [0.1, 0.15) is 6.67 Å². The van der Waals surface area contributed by atoms with Gasteiger partial charge in [-0.25, -0.2) is 0 Å². The Bertz CT molecular complexity index is 67.1. The van der Waals surface area contributed by atoms with Crippen molar-refractivity contribution in [2.45, 2.75) is 13.3 Å². The third-order valence-electron chi connectivity index (χ3n) is 0.688. The number of rotatable bonds is 4. The molecule has 0 aromatic carbocycles. The van der Waals surface area contributed by atoms with Gasteiger partial charge in [0, 0.05) is 0 Å². The molecule has 0 spiro atoms. The molecule has 0 radical (unpaired) electrons. The summed E-state index contributed by atoms with van der Waals surface area (Å²) in [6, 6.07) is 0. The second-order valence-corrected chi connectivity index (χ2v) is 1.48. The fraction of sp³-hybridized carbons (Fsp3) is 1.00. The third-order valence-corrected chi connectivity index (χ3v) is 0.688. The molecule has 0 aromatic rings. The summed E-state index contributed by atoms with van der Waals surface area (Å²) < 4.78 is 0. The van der Waals surface area contributed by atoms with E-state index in [4.69, 9.17) is 0 Å². The lowest BCUT2D eigenvalue weighted by Crippen LogP contribution is -2.16. The largest absolute Gasteiger partial charge is 0.784 e. The smallest absolute Gasteiger partial charge is 0.122 e. The van der Waals surface area contributed by atoms with Gasteiger partial charge in [-0.3, -0.25) is 0 Å². The number of hydroxylamine groups is 2. The predicted octanol–water partition coefficient (Wildman–Crippen LogP) is 0.920. The molecule has 48 valence electrons. The first-order valence-electron chi connectivity index (χ1n) is 2.52. The number of nitroso groups, excluding NO2 is 1. The zero-order valence-corrected chi connectivity index (χ0v) is 4.83. The minimum atomic E-state index is -0.242. The SMILES string of the molecule is CCCN([O-])CN=O. The molecule has 0 N–H and O–H groups in total. The molecule has 0 aliphatic rings. The summed E-state index contributed by atoms with van der Waals surface area (Å²) in [5, 5.41) is 13.3. The van der Waals surface area contributed by atoms with Gasteiger partial charge in [0.25, 0.3) is 0 Å². The zero-order chi connectivity index (χ0) is 6.41. The lowest BCUT2D eigenvalue weighted by Gasteiger charge is -2.22. The van der Waals surface area contributed by atoms with Gasteiger partial charge in [0.2, 0.25) is 0 Å². The summed E-state index contributed by atoms with van der Waals surface area (Å²) >= 11 is 0. The second-order valence-electron chi connectivity index (χ2n) is 1.48. The summed E-state index contributed by atoms with van der Waals surface area (Å²) in [7, 11) is 0. The molecule has 0 aliphatic heterocycles. The molecule has 0 saturated carbocycles. The average molecular weight is 117 g/mol. The van der Waals surface area contributed by atoms with E-state index >= 15 is 0 Å². The van der Waals surface area contributed by atoms with E-state index in [2.05, 4.69) is 5.18 Å². The Morgan fingerprint density at radius 3 is 2.75 bits per heavy atom. The lowest BCUT2D eigenvalue weighted by atomic mass is 10.5. The quantitative estimate of drug-likeness (QED) is 0.406. The van der Waals surface area contributed by atoms with Crippen molar-refractivity contribution < 1.29 is 0 Å². The van der Waals surface area contributed by atoms with Crippen LogP contribution in [0, 0.1) is 10.1 Å². The lowest BCUT2D eigenvalue weighted by molar-refractivity contribution is 0.389. The van der Waals surface area contributed by atoms with Gasteiger partial charge in [-0.1, -0.05) is 12.1 Å². The highest BCUT2D eigenvalue weighted by Crippen LogP contribution is 1.85. The summed E-state index contributed by atoms with van der Waals surface area (Å²) in [6.45, 7) is 2.02. The van der Waals surface area contributed by atoms with E-state index < -0.39 is 0 Å². The van der Waals surface area contributed by atoms with Gasteiger partial charge in [-0.05, 0) is 13.0 Å². The van der Waals surface area contributed by atoms with Crippen LogP contribution in [0.4, 0.5) is 0 Å². The van der Waals surface area contributed by atoms with Crippen molar-refractivity contribution in [3.05, 3.63) is 10.1 Å². The standard InChI is InChI=1S/C4H9N2O2/c1-2-3-6(8)4-5-7/h2-4H2,1H3/q-1. The van der Waals surface area contributed by atoms with E-state index in [9.17, 15) is 10.1 Å². The molecule has 0 fully saturated rings. The van der Waals surface area contributed by atoms with Crippen LogP contribution in [0.2, 0.25) is 0 Å². The van der Waals surface area contributed by atoms with Gasteiger partial charge < -0.3 is 10.3 Å². The molecule has 0 amide bonds. The molecular formula is C4H9N2O2-. The van der Waals surface area contributed by atoms with Crippen LogP contribution >= 0.6 is 0 Å². The van der Waals surface area contributed by atoms with Crippen LogP contribution in [0.1, 0.15) is 13.3 Å². The fourth-order valence-corrected chi connectivity index (χ4v) is 0.385. The maximum absolute atomic E-state index is 10.3. The van der Waals surface area contributed by atoms with E-state index in [1.54, 1.807) is 0 Å². The van der Waals surface area contributed by atoms with Crippen LogP contribution in [0.25, 0.3) is 0 Å². The van der Waals surface area contributed by atoms with Crippen LogP contribution in [0.3, 0.4) is 0 Å².